The first-order valence-corrected chi connectivity index (χ1v) is 13.3. The van der Waals surface area contributed by atoms with E-state index in [0.717, 1.165) is 7.11 Å². The monoisotopic (exact) mass is 548 g/mol. The Kier molecular flexibility index (Phi) is 6.42. The summed E-state index contributed by atoms with van der Waals surface area (Å²) in [6.45, 7) is 8.62. The molecule has 214 valence electrons. The first kappa shape index (κ1) is 27.9. The minimum absolute atomic E-state index is 0.0210. The number of aliphatic hydroxyl groups excluding tert-OH is 3. The third-order valence-corrected chi connectivity index (χ3v) is 10.3. The molecule has 2 saturated carbocycles. The summed E-state index contributed by atoms with van der Waals surface area (Å²) in [7, 11) is 1.08. The molecule has 2 aliphatic heterocycles. The van der Waals surface area contributed by atoms with E-state index in [1.807, 2.05) is 13.8 Å². The molecule has 2 bridgehead atoms. The fraction of sp³-hybridized carbons (Fsp3) is 0.714. The zero-order chi connectivity index (χ0) is 28.8. The van der Waals surface area contributed by atoms with Crippen molar-refractivity contribution >= 4 is 23.7 Å². The van der Waals surface area contributed by atoms with Crippen molar-refractivity contribution in [2.45, 2.75) is 77.2 Å². The molecule has 1 spiro atoms. The predicted octanol–water partition coefficient (Wildman–Crippen LogP) is 0.238. The molecule has 11 nitrogen and oxygen atoms in total. The Labute approximate surface area is 226 Å². The number of aliphatic hydroxyl groups is 3. The van der Waals surface area contributed by atoms with E-state index >= 15 is 0 Å². The van der Waals surface area contributed by atoms with E-state index in [1.54, 1.807) is 20.8 Å². The van der Waals surface area contributed by atoms with Crippen molar-refractivity contribution in [3.63, 3.8) is 0 Å². The summed E-state index contributed by atoms with van der Waals surface area (Å²) in [5.41, 5.74) is -3.65. The highest BCUT2D eigenvalue weighted by molar-refractivity contribution is 5.96. The molecule has 0 unspecified atom stereocenters. The minimum Gasteiger partial charge on any atom is -0.467 e. The molecular formula is C28H36O11. The summed E-state index contributed by atoms with van der Waals surface area (Å²) in [5.74, 6) is -6.23. The topological polar surface area (TPSA) is 166 Å². The summed E-state index contributed by atoms with van der Waals surface area (Å²) in [4.78, 5) is 52.7. The molecule has 2 saturated heterocycles. The van der Waals surface area contributed by atoms with Gasteiger partial charge in [-0.05, 0) is 38.2 Å². The molecule has 4 fully saturated rings. The van der Waals surface area contributed by atoms with Gasteiger partial charge in [0, 0.05) is 22.8 Å². The number of hydrogen-bond donors (Lipinski definition) is 3. The lowest BCUT2D eigenvalue weighted by Gasteiger charge is -2.67. The van der Waals surface area contributed by atoms with E-state index in [1.165, 1.54) is 12.2 Å². The number of carbonyl (C=O) groups is 4. The van der Waals surface area contributed by atoms with Crippen LogP contribution in [0.2, 0.25) is 0 Å². The van der Waals surface area contributed by atoms with E-state index in [0.29, 0.717) is 11.1 Å². The van der Waals surface area contributed by atoms with Gasteiger partial charge in [-0.3, -0.25) is 4.79 Å². The van der Waals surface area contributed by atoms with Gasteiger partial charge in [0.1, 0.15) is 18.3 Å². The van der Waals surface area contributed by atoms with E-state index in [4.69, 9.17) is 18.9 Å². The van der Waals surface area contributed by atoms with Crippen molar-refractivity contribution in [1.82, 2.24) is 0 Å². The molecule has 11 heteroatoms. The quantitative estimate of drug-likeness (QED) is 0.250. The Morgan fingerprint density at radius 1 is 1.18 bits per heavy atom. The van der Waals surface area contributed by atoms with Crippen LogP contribution in [0.4, 0.5) is 0 Å². The molecule has 0 aromatic heterocycles. The molecule has 5 aliphatic rings. The predicted molar refractivity (Wildman–Crippen MR) is 131 cm³/mol. The number of fused-ring (bicyclic) bond motifs is 2. The number of rotatable bonds is 4. The minimum atomic E-state index is -2.26. The highest BCUT2D eigenvalue weighted by Gasteiger charge is 2.85. The number of ether oxygens (including phenoxy) is 4. The first-order chi connectivity index (χ1) is 18.2. The van der Waals surface area contributed by atoms with Crippen LogP contribution in [-0.2, 0) is 38.1 Å². The van der Waals surface area contributed by atoms with Gasteiger partial charge >= 0.3 is 17.9 Å². The van der Waals surface area contributed by atoms with Crippen LogP contribution >= 0.6 is 0 Å². The molecule has 11 atom stereocenters. The zero-order valence-corrected chi connectivity index (χ0v) is 22.9. The number of methoxy groups -OCH3 is 1. The zero-order valence-electron chi connectivity index (χ0n) is 22.9. The molecular weight excluding hydrogens is 512 g/mol. The van der Waals surface area contributed by atoms with E-state index in [9.17, 15) is 34.5 Å². The van der Waals surface area contributed by atoms with Crippen molar-refractivity contribution in [3.8, 4) is 0 Å². The normalized spacial score (nSPS) is 46.6. The summed E-state index contributed by atoms with van der Waals surface area (Å²) in [6.07, 6.45) is -5.02. The SMILES string of the molecule is COC(=O)[C@@]12OC[C@]34[C@H]([C@@H](O)[C@@H]1O)[C@@]1(C)[C@H](O)C(=O)C=C(C)[C@@H]1C[C@H]3OC(=O)[C@H](OC(=O)/C=C(\C)C(C)C)[C@@H]24. The summed E-state index contributed by atoms with van der Waals surface area (Å²) in [6, 6.07) is 0. The van der Waals surface area contributed by atoms with Gasteiger partial charge in [0.15, 0.2) is 5.78 Å². The van der Waals surface area contributed by atoms with Gasteiger partial charge in [0.25, 0.3) is 0 Å². The van der Waals surface area contributed by atoms with Crippen LogP contribution in [0.5, 0.6) is 0 Å². The van der Waals surface area contributed by atoms with Crippen LogP contribution in [0.15, 0.2) is 23.3 Å². The van der Waals surface area contributed by atoms with Gasteiger partial charge in [-0.1, -0.05) is 31.9 Å². The fourth-order valence-electron chi connectivity index (χ4n) is 8.32. The Morgan fingerprint density at radius 2 is 1.85 bits per heavy atom. The van der Waals surface area contributed by atoms with Crippen LogP contribution in [0.1, 0.15) is 41.0 Å². The molecule has 39 heavy (non-hydrogen) atoms. The van der Waals surface area contributed by atoms with Crippen LogP contribution in [0.3, 0.4) is 0 Å². The number of allylic oxidation sites excluding steroid dienone is 2. The van der Waals surface area contributed by atoms with Gasteiger partial charge < -0.3 is 34.3 Å². The number of hydrogen-bond acceptors (Lipinski definition) is 11. The Bertz CT molecular complexity index is 1190. The highest BCUT2D eigenvalue weighted by atomic mass is 16.6. The van der Waals surface area contributed by atoms with Gasteiger partial charge in [-0.2, -0.15) is 0 Å². The van der Waals surface area contributed by atoms with Gasteiger partial charge in [0.2, 0.25) is 11.7 Å². The molecule has 2 heterocycles. The average Bonchev–Trinajstić information content (AvgIpc) is 3.18. The second-order valence-electron chi connectivity index (χ2n) is 12.3. The third-order valence-electron chi connectivity index (χ3n) is 10.3. The maximum Gasteiger partial charge on any atom is 0.348 e. The van der Waals surface area contributed by atoms with E-state index in [2.05, 4.69) is 0 Å². The number of carbonyl (C=O) groups excluding carboxylic acids is 4. The third kappa shape index (κ3) is 3.36. The number of ketones is 1. The largest absolute Gasteiger partial charge is 0.467 e. The molecule has 0 amide bonds. The van der Waals surface area contributed by atoms with E-state index < -0.39 is 88.4 Å². The smallest absolute Gasteiger partial charge is 0.348 e. The summed E-state index contributed by atoms with van der Waals surface area (Å²) in [5, 5.41) is 34.6. The second kappa shape index (κ2) is 8.95. The fourth-order valence-corrected chi connectivity index (χ4v) is 8.32. The maximum absolute atomic E-state index is 13.5. The number of esters is 3. The van der Waals surface area contributed by atoms with Gasteiger partial charge in [-0.25, -0.2) is 14.4 Å². The van der Waals surface area contributed by atoms with Crippen molar-refractivity contribution in [2.75, 3.05) is 13.7 Å². The lowest BCUT2D eigenvalue weighted by Crippen LogP contribution is -2.80. The maximum atomic E-state index is 13.5. The van der Waals surface area contributed by atoms with Crippen molar-refractivity contribution in [3.05, 3.63) is 23.3 Å². The average molecular weight is 549 g/mol. The Hall–Kier alpha value is -2.60. The van der Waals surface area contributed by atoms with Crippen LogP contribution in [-0.4, -0.2) is 88.8 Å². The van der Waals surface area contributed by atoms with Crippen LogP contribution < -0.4 is 0 Å². The lowest BCUT2D eigenvalue weighted by atomic mass is 9.38. The van der Waals surface area contributed by atoms with Crippen LogP contribution in [0.25, 0.3) is 0 Å². The standard InChI is InChI=1S/C28H36O11/c1-11(2)12(3)8-17(30)39-19-21-27-10-37-28(21,25(35)36-6)23(33)18(31)20(27)26(5)14(9-16(27)38-24(19)34)13(4)7-15(29)22(26)32/h7-8,11,14,16,18-23,31-33H,9-10H2,1-6H3/b12-8+/t14-,16+,18+,19+,20+,21+,22+,23-,26-,27+,28-/m0/s1. The summed E-state index contributed by atoms with van der Waals surface area (Å²) < 4.78 is 22.6. The van der Waals surface area contributed by atoms with Crippen molar-refractivity contribution in [1.29, 1.82) is 0 Å². The van der Waals surface area contributed by atoms with E-state index in [-0.39, 0.29) is 18.9 Å². The Morgan fingerprint density at radius 3 is 2.46 bits per heavy atom. The molecule has 0 aromatic carbocycles. The summed E-state index contributed by atoms with van der Waals surface area (Å²) >= 11 is 0. The highest BCUT2D eigenvalue weighted by Crippen LogP contribution is 2.72. The molecule has 0 aromatic rings. The first-order valence-electron chi connectivity index (χ1n) is 13.3. The molecule has 3 aliphatic carbocycles. The lowest BCUT2D eigenvalue weighted by molar-refractivity contribution is -0.297. The van der Waals surface area contributed by atoms with Crippen molar-refractivity contribution in [2.24, 2.45) is 34.5 Å². The van der Waals surface area contributed by atoms with Gasteiger partial charge in [0.05, 0.1) is 25.7 Å². The van der Waals surface area contributed by atoms with Gasteiger partial charge in [-0.15, -0.1) is 0 Å². The second-order valence-corrected chi connectivity index (χ2v) is 12.3. The Balaban J connectivity index is 1.72. The van der Waals surface area contributed by atoms with Crippen molar-refractivity contribution < 1.29 is 53.4 Å². The molecule has 5 rings (SSSR count). The molecule has 0 radical (unpaired) electrons. The molecule has 3 N–H and O–H groups in total. The van der Waals surface area contributed by atoms with Crippen LogP contribution in [0, 0.1) is 34.5 Å².